The van der Waals surface area contributed by atoms with Crippen molar-refractivity contribution in [2.24, 2.45) is 0 Å². The highest BCUT2D eigenvalue weighted by molar-refractivity contribution is 6.07. The Kier molecular flexibility index (Phi) is 2.19. The Bertz CT molecular complexity index is 402. The zero-order chi connectivity index (χ0) is 10.9. The Morgan fingerprint density at radius 2 is 1.87 bits per heavy atom. The molecule has 0 aliphatic carbocycles. The summed E-state index contributed by atoms with van der Waals surface area (Å²) in [5.74, 6) is -0.277. The number of nitrogens with one attached hydrogen (secondary N) is 2. The van der Waals surface area contributed by atoms with Gasteiger partial charge < -0.3 is 5.32 Å². The molecule has 0 saturated carbocycles. The van der Waals surface area contributed by atoms with Gasteiger partial charge in [0.15, 0.2) is 0 Å². The largest absolute Gasteiger partial charge is 0.322 e. The number of carbonyl (C=O) groups is 2. The summed E-state index contributed by atoms with van der Waals surface area (Å²) < 4.78 is 0. The van der Waals surface area contributed by atoms with Crippen LogP contribution < -0.4 is 10.6 Å². The summed E-state index contributed by atoms with van der Waals surface area (Å²) in [6.45, 7) is 1.87. The van der Waals surface area contributed by atoms with Crippen molar-refractivity contribution in [3.8, 4) is 0 Å². The van der Waals surface area contributed by atoms with Gasteiger partial charge in [-0.25, -0.2) is 4.79 Å². The van der Waals surface area contributed by atoms with E-state index < -0.39 is 11.6 Å². The first-order chi connectivity index (χ1) is 7.19. The Morgan fingerprint density at radius 3 is 2.33 bits per heavy atom. The summed E-state index contributed by atoms with van der Waals surface area (Å²) in [5, 5.41) is 4.95. The molecule has 0 bridgehead atoms. The topological polar surface area (TPSA) is 58.2 Å². The average molecular weight is 204 g/mol. The maximum absolute atomic E-state index is 11.7. The highest BCUT2D eigenvalue weighted by Gasteiger charge is 2.45. The third-order valence-electron chi connectivity index (χ3n) is 2.74. The van der Waals surface area contributed by atoms with Crippen molar-refractivity contribution in [2.45, 2.75) is 18.9 Å². The molecule has 3 amide bonds. The molecule has 1 saturated heterocycles. The van der Waals surface area contributed by atoms with E-state index in [-0.39, 0.29) is 5.91 Å². The zero-order valence-corrected chi connectivity index (χ0v) is 8.41. The van der Waals surface area contributed by atoms with Gasteiger partial charge in [0.1, 0.15) is 5.54 Å². The van der Waals surface area contributed by atoms with E-state index in [4.69, 9.17) is 0 Å². The van der Waals surface area contributed by atoms with Gasteiger partial charge in [0.05, 0.1) is 0 Å². The Hall–Kier alpha value is -1.84. The van der Waals surface area contributed by atoms with Gasteiger partial charge in [0.2, 0.25) is 0 Å². The van der Waals surface area contributed by atoms with Gasteiger partial charge >= 0.3 is 6.03 Å². The number of rotatable bonds is 2. The third kappa shape index (κ3) is 1.38. The molecule has 4 nitrogen and oxygen atoms in total. The fourth-order valence-corrected chi connectivity index (χ4v) is 1.87. The number of carbonyl (C=O) groups excluding carboxylic acids is 2. The van der Waals surface area contributed by atoms with Gasteiger partial charge in [-0.3, -0.25) is 10.1 Å². The van der Waals surface area contributed by atoms with E-state index in [2.05, 4.69) is 10.6 Å². The van der Waals surface area contributed by atoms with E-state index >= 15 is 0 Å². The first-order valence-electron chi connectivity index (χ1n) is 4.88. The minimum Gasteiger partial charge on any atom is -0.319 e. The molecule has 4 heteroatoms. The second-order valence-electron chi connectivity index (χ2n) is 3.53. The summed E-state index contributed by atoms with van der Waals surface area (Å²) in [6, 6.07) is 8.84. The van der Waals surface area contributed by atoms with Crippen molar-refractivity contribution in [1.29, 1.82) is 0 Å². The quantitative estimate of drug-likeness (QED) is 0.709. The maximum Gasteiger partial charge on any atom is 0.322 e. The van der Waals surface area contributed by atoms with Crippen LogP contribution in [0.5, 0.6) is 0 Å². The predicted molar refractivity (Wildman–Crippen MR) is 55.1 cm³/mol. The van der Waals surface area contributed by atoms with Gasteiger partial charge in [-0.1, -0.05) is 37.3 Å². The fraction of sp³-hybridized carbons (Fsp3) is 0.273. The molecule has 0 unspecified atom stereocenters. The van der Waals surface area contributed by atoms with Crippen LogP contribution in [0.4, 0.5) is 4.79 Å². The Morgan fingerprint density at radius 1 is 1.20 bits per heavy atom. The molecule has 1 fully saturated rings. The number of amides is 3. The van der Waals surface area contributed by atoms with Crippen LogP contribution in [0.15, 0.2) is 30.3 Å². The summed E-state index contributed by atoms with van der Waals surface area (Å²) in [7, 11) is 0. The van der Waals surface area contributed by atoms with Crippen LogP contribution in [0, 0.1) is 0 Å². The lowest BCUT2D eigenvalue weighted by Gasteiger charge is -2.24. The molecule has 0 radical (unpaired) electrons. The molecule has 2 rings (SSSR count). The van der Waals surface area contributed by atoms with Crippen molar-refractivity contribution in [3.05, 3.63) is 35.9 Å². The summed E-state index contributed by atoms with van der Waals surface area (Å²) in [6.07, 6.45) is 0.536. The van der Waals surface area contributed by atoms with Crippen LogP contribution in [0.2, 0.25) is 0 Å². The van der Waals surface area contributed by atoms with Crippen molar-refractivity contribution in [2.75, 3.05) is 0 Å². The van der Waals surface area contributed by atoms with Crippen LogP contribution in [-0.4, -0.2) is 11.9 Å². The van der Waals surface area contributed by atoms with Gasteiger partial charge in [-0.05, 0) is 12.0 Å². The summed E-state index contributed by atoms with van der Waals surface area (Å²) >= 11 is 0. The van der Waals surface area contributed by atoms with Gasteiger partial charge in [0, 0.05) is 0 Å². The van der Waals surface area contributed by atoms with E-state index in [0.29, 0.717) is 6.42 Å². The number of hydrogen-bond acceptors (Lipinski definition) is 2. The number of urea groups is 1. The van der Waals surface area contributed by atoms with Crippen molar-refractivity contribution >= 4 is 11.9 Å². The molecule has 78 valence electrons. The molecule has 0 aromatic heterocycles. The molecule has 0 spiro atoms. The maximum atomic E-state index is 11.7. The molecule has 1 aromatic carbocycles. The molecule has 15 heavy (non-hydrogen) atoms. The first-order valence-corrected chi connectivity index (χ1v) is 4.88. The van der Waals surface area contributed by atoms with E-state index in [1.165, 1.54) is 0 Å². The molecular formula is C11H12N2O2. The first kappa shape index (κ1) is 9.71. The molecule has 1 aliphatic rings. The van der Waals surface area contributed by atoms with Crippen LogP contribution in [0.1, 0.15) is 18.9 Å². The van der Waals surface area contributed by atoms with E-state index in [0.717, 1.165) is 5.56 Å². The van der Waals surface area contributed by atoms with Crippen LogP contribution >= 0.6 is 0 Å². The second-order valence-corrected chi connectivity index (χ2v) is 3.53. The second kappa shape index (κ2) is 3.38. The summed E-state index contributed by atoms with van der Waals surface area (Å²) in [5.41, 5.74) is -0.0749. The van der Waals surface area contributed by atoms with E-state index in [1.54, 1.807) is 0 Å². The smallest absolute Gasteiger partial charge is 0.319 e. The van der Waals surface area contributed by atoms with Gasteiger partial charge in [-0.2, -0.15) is 0 Å². The van der Waals surface area contributed by atoms with Crippen molar-refractivity contribution in [3.63, 3.8) is 0 Å². The minimum absolute atomic E-state index is 0.277. The fourth-order valence-electron chi connectivity index (χ4n) is 1.87. The monoisotopic (exact) mass is 204 g/mol. The molecule has 1 aromatic rings. The Labute approximate surface area is 87.7 Å². The van der Waals surface area contributed by atoms with Crippen molar-refractivity contribution < 1.29 is 9.59 Å². The van der Waals surface area contributed by atoms with Gasteiger partial charge in [-0.15, -0.1) is 0 Å². The highest BCUT2D eigenvalue weighted by atomic mass is 16.2. The van der Waals surface area contributed by atoms with Gasteiger partial charge in [0.25, 0.3) is 5.91 Å². The summed E-state index contributed by atoms with van der Waals surface area (Å²) in [4.78, 5) is 22.9. The number of benzene rings is 1. The van der Waals surface area contributed by atoms with Crippen molar-refractivity contribution in [1.82, 2.24) is 10.6 Å². The lowest BCUT2D eigenvalue weighted by atomic mass is 9.87. The zero-order valence-electron chi connectivity index (χ0n) is 8.41. The van der Waals surface area contributed by atoms with E-state index in [1.807, 2.05) is 37.3 Å². The number of hydrogen-bond donors (Lipinski definition) is 2. The number of imide groups is 1. The average Bonchev–Trinajstić information content (AvgIpc) is 2.56. The minimum atomic E-state index is -0.891. The molecule has 2 N–H and O–H groups in total. The van der Waals surface area contributed by atoms with Crippen LogP contribution in [0.25, 0.3) is 0 Å². The van der Waals surface area contributed by atoms with Crippen LogP contribution in [-0.2, 0) is 10.3 Å². The molecule has 1 aliphatic heterocycles. The molecular weight excluding hydrogens is 192 g/mol. The van der Waals surface area contributed by atoms with Crippen LogP contribution in [0.3, 0.4) is 0 Å². The third-order valence-corrected chi connectivity index (χ3v) is 2.74. The lowest BCUT2D eigenvalue weighted by molar-refractivity contribution is -0.124. The highest BCUT2D eigenvalue weighted by Crippen LogP contribution is 2.27. The van der Waals surface area contributed by atoms with E-state index in [9.17, 15) is 9.59 Å². The standard InChI is InChI=1S/C11H12N2O2/c1-2-11(8-6-4-3-5-7-8)9(14)12-10(15)13-11/h3-7H,2H2,1H3,(H2,12,13,14,15)/t11-/m0/s1. The molecule has 1 atom stereocenters. The molecule has 1 heterocycles. The predicted octanol–water partition coefficient (Wildman–Crippen LogP) is 1.13. The SMILES string of the molecule is CC[C@@]1(c2ccccc2)NC(=O)NC1=O. The normalized spacial score (nSPS) is 24.9. The lowest BCUT2D eigenvalue weighted by Crippen LogP contribution is -2.43. The Balaban J connectivity index is 2.47.